The van der Waals surface area contributed by atoms with Gasteiger partial charge in [0.1, 0.15) is 0 Å². The van der Waals surface area contributed by atoms with Crippen LogP contribution in [0.25, 0.3) is 10.9 Å². The quantitative estimate of drug-likeness (QED) is 0.837. The van der Waals surface area contributed by atoms with Gasteiger partial charge in [0.25, 0.3) is 0 Å². The summed E-state index contributed by atoms with van der Waals surface area (Å²) in [6, 6.07) is 8.72. The van der Waals surface area contributed by atoms with Crippen LogP contribution in [0.5, 0.6) is 0 Å². The first-order chi connectivity index (χ1) is 7.76. The average molecular weight is 216 g/mol. The van der Waals surface area contributed by atoms with E-state index in [1.165, 1.54) is 16.5 Å². The van der Waals surface area contributed by atoms with Crippen LogP contribution < -0.4 is 5.73 Å². The first-order valence-electron chi connectivity index (χ1n) is 6.03. The maximum atomic E-state index is 5.69. The first kappa shape index (κ1) is 11.2. The van der Waals surface area contributed by atoms with Gasteiger partial charge in [-0.2, -0.15) is 0 Å². The Bertz CT molecular complexity index is 471. The topological polar surface area (TPSA) is 30.9 Å². The van der Waals surface area contributed by atoms with E-state index in [0.717, 1.165) is 19.5 Å². The minimum atomic E-state index is 0.528. The maximum Gasteiger partial charge on any atom is 0.0512 e. The van der Waals surface area contributed by atoms with Gasteiger partial charge in [-0.3, -0.25) is 0 Å². The molecule has 2 heteroatoms. The Morgan fingerprint density at radius 1 is 1.31 bits per heavy atom. The zero-order valence-electron chi connectivity index (χ0n) is 10.1. The van der Waals surface area contributed by atoms with Gasteiger partial charge in [-0.15, -0.1) is 0 Å². The van der Waals surface area contributed by atoms with Crippen molar-refractivity contribution in [3.05, 3.63) is 36.0 Å². The third kappa shape index (κ3) is 1.98. The van der Waals surface area contributed by atoms with Gasteiger partial charge in [-0.25, -0.2) is 0 Å². The number of hydrogen-bond donors (Lipinski definition) is 1. The van der Waals surface area contributed by atoms with Gasteiger partial charge in [0.15, 0.2) is 0 Å². The smallest absolute Gasteiger partial charge is 0.0512 e. The molecule has 16 heavy (non-hydrogen) atoms. The largest absolute Gasteiger partial charge is 0.347 e. The van der Waals surface area contributed by atoms with Gasteiger partial charge in [0, 0.05) is 12.7 Å². The molecule has 0 amide bonds. The summed E-state index contributed by atoms with van der Waals surface area (Å²) in [7, 11) is 0. The molecule has 2 N–H and O–H groups in total. The zero-order chi connectivity index (χ0) is 11.5. The lowest BCUT2D eigenvalue weighted by Crippen LogP contribution is -2.16. The number of fused-ring (bicyclic) bond motifs is 1. The molecule has 0 radical (unpaired) electrons. The van der Waals surface area contributed by atoms with Crippen molar-refractivity contribution in [3.8, 4) is 0 Å². The molecule has 0 bridgehead atoms. The molecule has 0 fully saturated rings. The molecule has 2 rings (SSSR count). The summed E-state index contributed by atoms with van der Waals surface area (Å²) < 4.78 is 2.34. The molecule has 1 heterocycles. The molecule has 1 unspecified atom stereocenters. The highest BCUT2D eigenvalue weighted by Crippen LogP contribution is 2.21. The Kier molecular flexibility index (Phi) is 3.30. The van der Waals surface area contributed by atoms with Crippen molar-refractivity contribution in [2.45, 2.75) is 26.8 Å². The van der Waals surface area contributed by atoms with Crippen LogP contribution in [0.15, 0.2) is 30.5 Å². The molecule has 1 aromatic heterocycles. The zero-order valence-corrected chi connectivity index (χ0v) is 10.1. The molecular weight excluding hydrogens is 196 g/mol. The lowest BCUT2D eigenvalue weighted by Gasteiger charge is -2.13. The molecule has 0 saturated carbocycles. The van der Waals surface area contributed by atoms with Gasteiger partial charge >= 0.3 is 0 Å². The fourth-order valence-corrected chi connectivity index (χ4v) is 2.19. The molecule has 86 valence electrons. The Balaban J connectivity index is 2.45. The molecule has 0 saturated heterocycles. The van der Waals surface area contributed by atoms with Crippen LogP contribution >= 0.6 is 0 Å². The van der Waals surface area contributed by atoms with Crippen LogP contribution in [0.2, 0.25) is 0 Å². The summed E-state index contributed by atoms with van der Waals surface area (Å²) in [5.74, 6) is 0.528. The Labute approximate surface area is 97.1 Å². The first-order valence-corrected chi connectivity index (χ1v) is 6.03. The second-order valence-electron chi connectivity index (χ2n) is 4.52. The minimum absolute atomic E-state index is 0.528. The van der Waals surface area contributed by atoms with Crippen LogP contribution in [0.4, 0.5) is 0 Å². The van der Waals surface area contributed by atoms with E-state index < -0.39 is 0 Å². The standard InChI is InChI=1S/C14H20N2/c1-3-12-5-4-6-13-7-8-16(14(12)13)10-11(2)9-15/h4-8,11H,3,9-10,15H2,1-2H3. The van der Waals surface area contributed by atoms with E-state index in [9.17, 15) is 0 Å². The van der Waals surface area contributed by atoms with Gasteiger partial charge in [-0.05, 0) is 35.9 Å². The van der Waals surface area contributed by atoms with Gasteiger partial charge in [0.05, 0.1) is 5.52 Å². The molecule has 0 spiro atoms. The van der Waals surface area contributed by atoms with E-state index in [1.807, 2.05) is 0 Å². The molecule has 1 aromatic carbocycles. The van der Waals surface area contributed by atoms with Crippen molar-refractivity contribution < 1.29 is 0 Å². The third-order valence-corrected chi connectivity index (χ3v) is 3.16. The monoisotopic (exact) mass is 216 g/mol. The van der Waals surface area contributed by atoms with Gasteiger partial charge in [0.2, 0.25) is 0 Å². The summed E-state index contributed by atoms with van der Waals surface area (Å²) in [5, 5.41) is 1.34. The predicted molar refractivity (Wildman–Crippen MR) is 69.5 cm³/mol. The van der Waals surface area contributed by atoms with Crippen molar-refractivity contribution in [2.24, 2.45) is 11.7 Å². The summed E-state index contributed by atoms with van der Waals surface area (Å²) in [6.45, 7) is 6.16. The van der Waals surface area contributed by atoms with Crippen molar-refractivity contribution in [1.29, 1.82) is 0 Å². The summed E-state index contributed by atoms with van der Waals surface area (Å²) in [4.78, 5) is 0. The lowest BCUT2D eigenvalue weighted by molar-refractivity contribution is 0.501. The van der Waals surface area contributed by atoms with E-state index in [-0.39, 0.29) is 0 Å². The normalized spacial score (nSPS) is 13.2. The van der Waals surface area contributed by atoms with Crippen LogP contribution in [-0.4, -0.2) is 11.1 Å². The number of nitrogens with zero attached hydrogens (tertiary/aromatic N) is 1. The summed E-state index contributed by atoms with van der Waals surface area (Å²) in [5.41, 5.74) is 8.49. The molecule has 2 nitrogen and oxygen atoms in total. The third-order valence-electron chi connectivity index (χ3n) is 3.16. The Morgan fingerprint density at radius 2 is 2.12 bits per heavy atom. The van der Waals surface area contributed by atoms with Gasteiger partial charge < -0.3 is 10.3 Å². The number of rotatable bonds is 4. The SMILES string of the molecule is CCc1cccc2ccn(CC(C)CN)c12. The number of nitrogens with two attached hydrogens (primary N) is 1. The molecule has 2 aromatic rings. The van der Waals surface area contributed by atoms with E-state index >= 15 is 0 Å². The number of para-hydroxylation sites is 1. The number of hydrogen-bond acceptors (Lipinski definition) is 1. The number of aromatic nitrogens is 1. The summed E-state index contributed by atoms with van der Waals surface area (Å²) in [6.07, 6.45) is 3.26. The van der Waals surface area contributed by atoms with Crippen molar-refractivity contribution >= 4 is 10.9 Å². The van der Waals surface area contributed by atoms with E-state index in [1.54, 1.807) is 0 Å². The highest BCUT2D eigenvalue weighted by atomic mass is 15.0. The molecule has 0 aliphatic rings. The Morgan fingerprint density at radius 3 is 2.81 bits per heavy atom. The van der Waals surface area contributed by atoms with E-state index in [0.29, 0.717) is 5.92 Å². The molecule has 1 atom stereocenters. The highest BCUT2D eigenvalue weighted by Gasteiger charge is 2.07. The second-order valence-corrected chi connectivity index (χ2v) is 4.52. The minimum Gasteiger partial charge on any atom is -0.347 e. The predicted octanol–water partition coefficient (Wildman–Crippen LogP) is 2.80. The number of aryl methyl sites for hydroxylation is 1. The van der Waals surface area contributed by atoms with Crippen molar-refractivity contribution in [2.75, 3.05) is 6.54 Å². The Hall–Kier alpha value is -1.28. The van der Waals surface area contributed by atoms with E-state index in [4.69, 9.17) is 5.73 Å². The fourth-order valence-electron chi connectivity index (χ4n) is 2.19. The van der Waals surface area contributed by atoms with Crippen LogP contribution in [-0.2, 0) is 13.0 Å². The fraction of sp³-hybridized carbons (Fsp3) is 0.429. The summed E-state index contributed by atoms with van der Waals surface area (Å²) >= 11 is 0. The van der Waals surface area contributed by atoms with Crippen LogP contribution in [0.3, 0.4) is 0 Å². The van der Waals surface area contributed by atoms with Crippen LogP contribution in [0, 0.1) is 5.92 Å². The highest BCUT2D eigenvalue weighted by molar-refractivity contribution is 5.83. The van der Waals surface area contributed by atoms with Crippen molar-refractivity contribution in [3.63, 3.8) is 0 Å². The molecule has 0 aliphatic carbocycles. The van der Waals surface area contributed by atoms with E-state index in [2.05, 4.69) is 48.9 Å². The van der Waals surface area contributed by atoms with Crippen molar-refractivity contribution in [1.82, 2.24) is 4.57 Å². The molecular formula is C14H20N2. The maximum absolute atomic E-state index is 5.69. The van der Waals surface area contributed by atoms with Crippen LogP contribution in [0.1, 0.15) is 19.4 Å². The van der Waals surface area contributed by atoms with Gasteiger partial charge in [-0.1, -0.05) is 32.0 Å². The number of benzene rings is 1. The molecule has 0 aliphatic heterocycles. The second kappa shape index (κ2) is 4.71. The average Bonchev–Trinajstić information content (AvgIpc) is 2.72. The lowest BCUT2D eigenvalue weighted by atomic mass is 10.1.